The van der Waals surface area contributed by atoms with Gasteiger partial charge in [0, 0.05) is 5.56 Å². The Morgan fingerprint density at radius 2 is 1.81 bits per heavy atom. The first-order valence-corrected chi connectivity index (χ1v) is 8.32. The van der Waals surface area contributed by atoms with Crippen LogP contribution in [0.5, 0.6) is 0 Å². The smallest absolute Gasteiger partial charge is 0.368 e. The summed E-state index contributed by atoms with van der Waals surface area (Å²) in [6.07, 6.45) is -4.46. The van der Waals surface area contributed by atoms with E-state index in [4.69, 9.17) is 34.3 Å². The van der Waals surface area contributed by atoms with E-state index >= 15 is 0 Å². The summed E-state index contributed by atoms with van der Waals surface area (Å²) in [5.41, 5.74) is 5.61. The van der Waals surface area contributed by atoms with Gasteiger partial charge in [0.05, 0.1) is 22.2 Å². The zero-order valence-corrected chi connectivity index (χ0v) is 15.1. The number of anilines is 1. The van der Waals surface area contributed by atoms with E-state index in [1.165, 1.54) is 16.8 Å². The fourth-order valence-electron chi connectivity index (χ4n) is 2.45. The molecule has 0 radical (unpaired) electrons. The Hall–Kier alpha value is -2.58. The highest BCUT2D eigenvalue weighted by Crippen LogP contribution is 2.31. The minimum Gasteiger partial charge on any atom is -0.368 e. The lowest BCUT2D eigenvalue weighted by Gasteiger charge is -2.13. The van der Waals surface area contributed by atoms with Gasteiger partial charge in [0.25, 0.3) is 0 Å². The van der Waals surface area contributed by atoms with Gasteiger partial charge in [-0.1, -0.05) is 47.5 Å². The van der Waals surface area contributed by atoms with Crippen LogP contribution in [0, 0.1) is 5.41 Å². The van der Waals surface area contributed by atoms with Crippen molar-refractivity contribution in [1.82, 2.24) is 14.8 Å². The fourth-order valence-corrected chi connectivity index (χ4v) is 2.84. The minimum atomic E-state index is -4.46. The van der Waals surface area contributed by atoms with Crippen LogP contribution in [0.15, 0.2) is 42.5 Å². The Bertz CT molecular complexity index is 1060. The van der Waals surface area contributed by atoms with Crippen molar-refractivity contribution in [2.45, 2.75) is 12.7 Å². The molecule has 0 aliphatic carbocycles. The number of benzene rings is 2. The molecule has 27 heavy (non-hydrogen) atoms. The number of hydrogen-bond acceptors (Lipinski definition) is 4. The van der Waals surface area contributed by atoms with Gasteiger partial charge in [-0.3, -0.25) is 5.41 Å². The summed E-state index contributed by atoms with van der Waals surface area (Å²) in [7, 11) is 0. The predicted octanol–water partition coefficient (Wildman–Crippen LogP) is 4.38. The Kier molecular flexibility index (Phi) is 5.12. The molecule has 0 bridgehead atoms. The summed E-state index contributed by atoms with van der Waals surface area (Å²) in [6, 6.07) is 9.64. The summed E-state index contributed by atoms with van der Waals surface area (Å²) in [5.74, 6) is -0.112. The van der Waals surface area contributed by atoms with Crippen molar-refractivity contribution in [3.8, 4) is 11.3 Å². The highest BCUT2D eigenvalue weighted by molar-refractivity contribution is 6.43. The molecule has 1 aromatic heterocycles. The van der Waals surface area contributed by atoms with Crippen LogP contribution in [0.25, 0.3) is 11.3 Å². The molecule has 0 amide bonds. The summed E-state index contributed by atoms with van der Waals surface area (Å²) >= 11 is 12.2. The van der Waals surface area contributed by atoms with Crippen LogP contribution in [0.1, 0.15) is 11.1 Å². The minimum absolute atomic E-state index is 0.0613. The molecule has 0 fully saturated rings. The number of nitrogens with one attached hydrogen (secondary N) is 1. The monoisotopic (exact) mass is 413 g/mol. The quantitative estimate of drug-likeness (QED) is 0.668. The van der Waals surface area contributed by atoms with E-state index in [-0.39, 0.29) is 33.7 Å². The molecule has 3 aromatic rings. The first-order valence-electron chi connectivity index (χ1n) is 7.56. The zero-order valence-electron chi connectivity index (χ0n) is 13.6. The normalized spacial score (nSPS) is 11.6. The lowest BCUT2D eigenvalue weighted by atomic mass is 10.1. The summed E-state index contributed by atoms with van der Waals surface area (Å²) in [5, 5.41) is 12.7. The number of nitrogens with two attached hydrogens (primary N) is 1. The van der Waals surface area contributed by atoms with E-state index < -0.39 is 11.7 Å². The Morgan fingerprint density at radius 3 is 2.52 bits per heavy atom. The molecule has 0 aliphatic rings. The van der Waals surface area contributed by atoms with Crippen LogP contribution in [-0.2, 0) is 12.7 Å². The molecule has 1 heterocycles. The molecular formula is C17H12Cl2F3N5. The van der Waals surface area contributed by atoms with Crippen molar-refractivity contribution >= 4 is 29.2 Å². The van der Waals surface area contributed by atoms with E-state index in [1.807, 2.05) is 0 Å². The predicted molar refractivity (Wildman–Crippen MR) is 96.3 cm³/mol. The third-order valence-corrected chi connectivity index (χ3v) is 4.55. The molecular weight excluding hydrogens is 402 g/mol. The van der Waals surface area contributed by atoms with Crippen molar-refractivity contribution in [2.75, 3.05) is 5.73 Å². The maximum atomic E-state index is 12.9. The van der Waals surface area contributed by atoms with Crippen molar-refractivity contribution in [3.05, 3.63) is 69.1 Å². The third kappa shape index (κ3) is 4.06. The van der Waals surface area contributed by atoms with Gasteiger partial charge in [0.15, 0.2) is 5.49 Å². The number of hydrogen-bond donors (Lipinski definition) is 2. The van der Waals surface area contributed by atoms with Crippen molar-refractivity contribution in [2.24, 2.45) is 0 Å². The molecule has 140 valence electrons. The second-order valence-electron chi connectivity index (χ2n) is 5.62. The molecule has 3 N–H and O–H groups in total. The molecule has 5 nitrogen and oxygen atoms in total. The van der Waals surface area contributed by atoms with Gasteiger partial charge in [-0.05, 0) is 23.8 Å². The number of aromatic nitrogens is 3. The van der Waals surface area contributed by atoms with Gasteiger partial charge in [-0.15, -0.1) is 0 Å². The van der Waals surface area contributed by atoms with E-state index in [2.05, 4.69) is 10.1 Å². The second-order valence-corrected chi connectivity index (χ2v) is 6.41. The highest BCUT2D eigenvalue weighted by Gasteiger charge is 2.30. The van der Waals surface area contributed by atoms with Crippen LogP contribution in [-0.4, -0.2) is 14.8 Å². The van der Waals surface area contributed by atoms with Crippen LogP contribution in [0.4, 0.5) is 19.1 Å². The van der Waals surface area contributed by atoms with E-state index in [1.54, 1.807) is 18.2 Å². The van der Waals surface area contributed by atoms with Crippen molar-refractivity contribution in [3.63, 3.8) is 0 Å². The zero-order chi connectivity index (χ0) is 19.8. The first-order chi connectivity index (χ1) is 12.7. The van der Waals surface area contributed by atoms with Gasteiger partial charge in [-0.2, -0.15) is 23.3 Å². The Morgan fingerprint density at radius 1 is 1.11 bits per heavy atom. The molecule has 10 heteroatoms. The molecule has 0 unspecified atom stereocenters. The topological polar surface area (TPSA) is 80.6 Å². The maximum Gasteiger partial charge on any atom is 0.416 e. The van der Waals surface area contributed by atoms with Crippen LogP contribution in [0.2, 0.25) is 10.0 Å². The number of alkyl halides is 3. The summed E-state index contributed by atoms with van der Waals surface area (Å²) in [6.45, 7) is -0.0613. The molecule has 3 rings (SSSR count). The van der Waals surface area contributed by atoms with Gasteiger partial charge in [0.2, 0.25) is 5.95 Å². The van der Waals surface area contributed by atoms with E-state index in [0.29, 0.717) is 11.1 Å². The summed E-state index contributed by atoms with van der Waals surface area (Å²) in [4.78, 5) is 3.91. The largest absolute Gasteiger partial charge is 0.416 e. The second kappa shape index (κ2) is 7.21. The molecule has 0 saturated carbocycles. The molecule has 0 atom stereocenters. The number of nitrogen functional groups attached to an aromatic ring is 1. The third-order valence-electron chi connectivity index (χ3n) is 3.73. The first kappa shape index (κ1) is 19.2. The lowest BCUT2D eigenvalue weighted by Crippen LogP contribution is -2.23. The molecule has 2 aromatic carbocycles. The van der Waals surface area contributed by atoms with Gasteiger partial charge < -0.3 is 5.73 Å². The van der Waals surface area contributed by atoms with Gasteiger partial charge in [0.1, 0.15) is 5.69 Å². The van der Waals surface area contributed by atoms with Crippen LogP contribution >= 0.6 is 23.2 Å². The summed E-state index contributed by atoms with van der Waals surface area (Å²) < 4.78 is 39.9. The Balaban J connectivity index is 2.05. The number of nitrogens with zero attached hydrogens (tertiary/aromatic N) is 3. The average Bonchev–Trinajstić information content (AvgIpc) is 2.60. The molecule has 0 saturated heterocycles. The van der Waals surface area contributed by atoms with Crippen molar-refractivity contribution in [1.29, 1.82) is 5.41 Å². The van der Waals surface area contributed by atoms with Crippen LogP contribution < -0.4 is 11.2 Å². The van der Waals surface area contributed by atoms with E-state index in [9.17, 15) is 13.2 Å². The number of halogens is 5. The fraction of sp³-hybridized carbons (Fsp3) is 0.118. The van der Waals surface area contributed by atoms with Crippen molar-refractivity contribution < 1.29 is 13.2 Å². The lowest BCUT2D eigenvalue weighted by molar-refractivity contribution is -0.137. The average molecular weight is 414 g/mol. The maximum absolute atomic E-state index is 12.9. The highest BCUT2D eigenvalue weighted by atomic mass is 35.5. The molecule has 0 aliphatic heterocycles. The van der Waals surface area contributed by atoms with Crippen LogP contribution in [0.3, 0.4) is 0 Å². The van der Waals surface area contributed by atoms with Gasteiger partial charge in [-0.25, -0.2) is 4.68 Å². The van der Waals surface area contributed by atoms with Gasteiger partial charge >= 0.3 is 6.18 Å². The Labute approximate surface area is 161 Å². The van der Waals surface area contributed by atoms with E-state index in [0.717, 1.165) is 12.1 Å². The standard InChI is InChI=1S/C17H12Cl2F3N5/c18-12-6-2-5-11(13(12)19)14-15(23)25-16(24)27(26-14)8-9-3-1-4-10(7-9)17(20,21)22/h1-7H,8H2,(H3,23,24,25). The SMILES string of the molecule is N=c1nc(N)n(Cc2cccc(C(F)(F)F)c2)nc1-c1cccc(Cl)c1Cl. The number of rotatable bonds is 3. The molecule has 0 spiro atoms.